The van der Waals surface area contributed by atoms with Gasteiger partial charge in [-0.3, -0.25) is 0 Å². The summed E-state index contributed by atoms with van der Waals surface area (Å²) < 4.78 is 11.1. The standard InChI is InChI=1S/C15H27N3O2/c1-11(2)7-9-19-10-8-17-14-6-5-13(16)15(18-14)20-12(3)4/h5-6,11-12H,7-10,16H2,1-4H3,(H,17,18). The molecule has 0 unspecified atom stereocenters. The van der Waals surface area contributed by atoms with Crippen LogP contribution in [0.5, 0.6) is 5.88 Å². The molecule has 1 heterocycles. The van der Waals surface area contributed by atoms with Crippen LogP contribution >= 0.6 is 0 Å². The molecule has 20 heavy (non-hydrogen) atoms. The molecule has 0 aliphatic carbocycles. The van der Waals surface area contributed by atoms with Crippen LogP contribution in [0.15, 0.2) is 12.1 Å². The van der Waals surface area contributed by atoms with E-state index in [1.165, 1.54) is 0 Å². The van der Waals surface area contributed by atoms with E-state index in [9.17, 15) is 0 Å². The first-order valence-electron chi connectivity index (χ1n) is 7.23. The summed E-state index contributed by atoms with van der Waals surface area (Å²) in [6.07, 6.45) is 1.14. The highest BCUT2D eigenvalue weighted by Crippen LogP contribution is 2.21. The number of anilines is 2. The maximum Gasteiger partial charge on any atom is 0.239 e. The Labute approximate surface area is 121 Å². The largest absolute Gasteiger partial charge is 0.473 e. The molecule has 3 N–H and O–H groups in total. The first-order valence-corrected chi connectivity index (χ1v) is 7.23. The van der Waals surface area contributed by atoms with Crippen LogP contribution in [-0.4, -0.2) is 30.8 Å². The molecule has 0 saturated heterocycles. The third-order valence-corrected chi connectivity index (χ3v) is 2.63. The van der Waals surface area contributed by atoms with Crippen LogP contribution in [0.3, 0.4) is 0 Å². The monoisotopic (exact) mass is 281 g/mol. The van der Waals surface area contributed by atoms with Crippen molar-refractivity contribution in [3.8, 4) is 5.88 Å². The number of nitrogens with one attached hydrogen (secondary N) is 1. The van der Waals surface area contributed by atoms with Gasteiger partial charge in [-0.05, 0) is 38.3 Å². The Morgan fingerprint density at radius 2 is 1.95 bits per heavy atom. The van der Waals surface area contributed by atoms with E-state index in [2.05, 4.69) is 24.1 Å². The minimum atomic E-state index is 0.0550. The van der Waals surface area contributed by atoms with Crippen LogP contribution in [0.25, 0.3) is 0 Å². The quantitative estimate of drug-likeness (QED) is 0.681. The Balaban J connectivity index is 2.33. The molecule has 5 heteroatoms. The molecule has 0 aliphatic heterocycles. The van der Waals surface area contributed by atoms with Crippen LogP contribution in [0.2, 0.25) is 0 Å². The third kappa shape index (κ3) is 6.61. The van der Waals surface area contributed by atoms with Gasteiger partial charge in [0, 0.05) is 13.2 Å². The van der Waals surface area contributed by atoms with E-state index in [0.717, 1.165) is 25.4 Å². The van der Waals surface area contributed by atoms with Gasteiger partial charge in [-0.1, -0.05) is 13.8 Å². The summed E-state index contributed by atoms with van der Waals surface area (Å²) in [7, 11) is 0. The van der Waals surface area contributed by atoms with Gasteiger partial charge in [-0.25, -0.2) is 0 Å². The number of nitrogen functional groups attached to an aromatic ring is 1. The van der Waals surface area contributed by atoms with Gasteiger partial charge in [-0.2, -0.15) is 4.98 Å². The van der Waals surface area contributed by atoms with Crippen molar-refractivity contribution in [2.75, 3.05) is 30.8 Å². The van der Waals surface area contributed by atoms with Crippen LogP contribution < -0.4 is 15.8 Å². The fraction of sp³-hybridized carbons (Fsp3) is 0.667. The molecule has 0 bridgehead atoms. The number of hydrogen-bond acceptors (Lipinski definition) is 5. The maximum atomic E-state index is 5.82. The van der Waals surface area contributed by atoms with Crippen molar-refractivity contribution < 1.29 is 9.47 Å². The van der Waals surface area contributed by atoms with Crippen molar-refractivity contribution >= 4 is 11.5 Å². The molecule has 0 amide bonds. The van der Waals surface area contributed by atoms with Crippen molar-refractivity contribution in [2.24, 2.45) is 5.92 Å². The molecule has 114 valence electrons. The van der Waals surface area contributed by atoms with Gasteiger partial charge in [0.1, 0.15) is 5.82 Å². The summed E-state index contributed by atoms with van der Waals surface area (Å²) in [4.78, 5) is 4.34. The van der Waals surface area contributed by atoms with Gasteiger partial charge in [0.2, 0.25) is 5.88 Å². The topological polar surface area (TPSA) is 69.4 Å². The average Bonchev–Trinajstić information content (AvgIpc) is 2.36. The second-order valence-corrected chi connectivity index (χ2v) is 5.48. The second-order valence-electron chi connectivity index (χ2n) is 5.48. The lowest BCUT2D eigenvalue weighted by atomic mass is 10.1. The van der Waals surface area contributed by atoms with Crippen molar-refractivity contribution in [3.05, 3.63) is 12.1 Å². The van der Waals surface area contributed by atoms with Crippen LogP contribution in [0.1, 0.15) is 34.1 Å². The zero-order chi connectivity index (χ0) is 15.0. The predicted octanol–water partition coefficient (Wildman–Crippen LogP) is 2.93. The number of aromatic nitrogens is 1. The summed E-state index contributed by atoms with van der Waals surface area (Å²) in [5, 5.41) is 3.20. The van der Waals surface area contributed by atoms with Gasteiger partial charge in [0.15, 0.2) is 0 Å². The Morgan fingerprint density at radius 1 is 1.20 bits per heavy atom. The summed E-state index contributed by atoms with van der Waals surface area (Å²) in [6, 6.07) is 3.64. The van der Waals surface area contributed by atoms with Crippen LogP contribution in [-0.2, 0) is 4.74 Å². The van der Waals surface area contributed by atoms with Gasteiger partial charge in [0.25, 0.3) is 0 Å². The fourth-order valence-electron chi connectivity index (χ4n) is 1.54. The maximum absolute atomic E-state index is 5.82. The van der Waals surface area contributed by atoms with Crippen LogP contribution in [0.4, 0.5) is 11.5 Å². The predicted molar refractivity (Wildman–Crippen MR) is 83.2 cm³/mol. The Bertz CT molecular complexity index is 395. The van der Waals surface area contributed by atoms with Crippen LogP contribution in [0, 0.1) is 5.92 Å². The van der Waals surface area contributed by atoms with E-state index in [1.54, 1.807) is 6.07 Å². The van der Waals surface area contributed by atoms with Crippen molar-refractivity contribution in [1.29, 1.82) is 0 Å². The zero-order valence-electron chi connectivity index (χ0n) is 13.0. The Morgan fingerprint density at radius 3 is 2.60 bits per heavy atom. The average molecular weight is 281 g/mol. The second kappa shape index (κ2) is 8.64. The smallest absolute Gasteiger partial charge is 0.239 e. The lowest BCUT2D eigenvalue weighted by Gasteiger charge is -2.13. The molecular weight excluding hydrogens is 254 g/mol. The minimum absolute atomic E-state index is 0.0550. The molecule has 1 aromatic heterocycles. The first-order chi connectivity index (χ1) is 9.49. The molecule has 1 rings (SSSR count). The number of ether oxygens (including phenoxy) is 2. The Kier molecular flexibility index (Phi) is 7.15. The lowest BCUT2D eigenvalue weighted by molar-refractivity contribution is 0.132. The lowest BCUT2D eigenvalue weighted by Crippen LogP contribution is -2.13. The molecule has 0 aliphatic rings. The SMILES string of the molecule is CC(C)CCOCCNc1ccc(N)c(OC(C)C)n1. The molecular formula is C15H27N3O2. The van der Waals surface area contributed by atoms with E-state index < -0.39 is 0 Å². The van der Waals surface area contributed by atoms with Crippen molar-refractivity contribution in [3.63, 3.8) is 0 Å². The normalized spacial score (nSPS) is 11.1. The summed E-state index contributed by atoms with van der Waals surface area (Å²) in [5.74, 6) is 1.91. The van der Waals surface area contributed by atoms with E-state index in [1.807, 2.05) is 19.9 Å². The first kappa shape index (κ1) is 16.6. The van der Waals surface area contributed by atoms with Gasteiger partial charge in [0.05, 0.1) is 18.4 Å². The summed E-state index contributed by atoms with van der Waals surface area (Å²) >= 11 is 0. The number of pyridine rings is 1. The Hall–Kier alpha value is -1.49. The van der Waals surface area contributed by atoms with Gasteiger partial charge >= 0.3 is 0 Å². The number of hydrogen-bond donors (Lipinski definition) is 2. The van der Waals surface area contributed by atoms with E-state index in [0.29, 0.717) is 24.1 Å². The summed E-state index contributed by atoms with van der Waals surface area (Å²) in [6.45, 7) is 10.5. The molecule has 0 spiro atoms. The molecule has 0 atom stereocenters. The van der Waals surface area contributed by atoms with E-state index in [4.69, 9.17) is 15.2 Å². The number of rotatable bonds is 9. The number of nitrogens with zero attached hydrogens (tertiary/aromatic N) is 1. The highest BCUT2D eigenvalue weighted by atomic mass is 16.5. The zero-order valence-corrected chi connectivity index (χ0v) is 13.0. The molecule has 5 nitrogen and oxygen atoms in total. The molecule has 0 saturated carbocycles. The summed E-state index contributed by atoms with van der Waals surface area (Å²) in [5.41, 5.74) is 6.37. The van der Waals surface area contributed by atoms with Crippen molar-refractivity contribution in [1.82, 2.24) is 4.98 Å². The molecule has 0 aromatic carbocycles. The fourth-order valence-corrected chi connectivity index (χ4v) is 1.54. The minimum Gasteiger partial charge on any atom is -0.473 e. The van der Waals surface area contributed by atoms with Gasteiger partial charge < -0.3 is 20.5 Å². The van der Waals surface area contributed by atoms with Gasteiger partial charge in [-0.15, -0.1) is 0 Å². The van der Waals surface area contributed by atoms with E-state index >= 15 is 0 Å². The van der Waals surface area contributed by atoms with E-state index in [-0.39, 0.29) is 6.10 Å². The molecule has 1 aromatic rings. The molecule has 0 radical (unpaired) electrons. The third-order valence-electron chi connectivity index (χ3n) is 2.63. The highest BCUT2D eigenvalue weighted by Gasteiger charge is 2.06. The number of nitrogens with two attached hydrogens (primary N) is 1. The van der Waals surface area contributed by atoms with Crippen molar-refractivity contribution in [2.45, 2.75) is 40.2 Å². The highest BCUT2D eigenvalue weighted by molar-refractivity contribution is 5.53. The molecule has 0 fully saturated rings.